The van der Waals surface area contributed by atoms with E-state index in [2.05, 4.69) is 10.3 Å². The first-order valence-electron chi connectivity index (χ1n) is 9.17. The number of imide groups is 1. The van der Waals surface area contributed by atoms with Gasteiger partial charge in [-0.15, -0.1) is 0 Å². The highest BCUT2D eigenvalue weighted by Crippen LogP contribution is 2.32. The molecule has 0 saturated heterocycles. The Kier molecular flexibility index (Phi) is 4.65. The molecule has 3 amide bonds. The van der Waals surface area contributed by atoms with Gasteiger partial charge >= 0.3 is 0 Å². The second-order valence-corrected chi connectivity index (χ2v) is 6.88. The van der Waals surface area contributed by atoms with Crippen molar-refractivity contribution in [3.05, 3.63) is 65.6 Å². The van der Waals surface area contributed by atoms with Crippen LogP contribution in [0.15, 0.2) is 54.5 Å². The van der Waals surface area contributed by atoms with Crippen molar-refractivity contribution in [1.82, 2.24) is 9.88 Å². The number of aryl methyl sites for hydroxylation is 1. The Morgan fingerprint density at radius 1 is 1.18 bits per heavy atom. The summed E-state index contributed by atoms with van der Waals surface area (Å²) < 4.78 is 0. The van der Waals surface area contributed by atoms with Gasteiger partial charge in [-0.3, -0.25) is 24.3 Å². The lowest BCUT2D eigenvalue weighted by molar-refractivity contribution is -0.138. The summed E-state index contributed by atoms with van der Waals surface area (Å²) in [6, 6.07) is 9.36. The number of anilines is 2. The normalized spacial score (nSPS) is 15.9. The summed E-state index contributed by atoms with van der Waals surface area (Å²) in [6.07, 6.45) is 6.46. The van der Waals surface area contributed by atoms with Crippen molar-refractivity contribution in [3.8, 4) is 0 Å². The van der Waals surface area contributed by atoms with E-state index in [1.807, 2.05) is 18.2 Å². The average molecular weight is 376 g/mol. The van der Waals surface area contributed by atoms with Gasteiger partial charge in [-0.2, -0.15) is 0 Å². The molecule has 0 bridgehead atoms. The Labute approximate surface area is 162 Å². The van der Waals surface area contributed by atoms with Gasteiger partial charge in [0.25, 0.3) is 11.8 Å². The number of nitrogens with one attached hydrogen (secondary N) is 1. The fourth-order valence-electron chi connectivity index (χ4n) is 3.56. The van der Waals surface area contributed by atoms with Crippen LogP contribution >= 0.6 is 0 Å². The van der Waals surface area contributed by atoms with Gasteiger partial charge in [0.1, 0.15) is 0 Å². The maximum Gasteiger partial charge on any atom is 0.259 e. The molecule has 2 aliphatic heterocycles. The Hall–Kier alpha value is -3.48. The Morgan fingerprint density at radius 3 is 2.75 bits per heavy atom. The summed E-state index contributed by atoms with van der Waals surface area (Å²) >= 11 is 0. The zero-order chi connectivity index (χ0) is 19.7. The van der Waals surface area contributed by atoms with Crippen LogP contribution in [0.25, 0.3) is 0 Å². The molecule has 0 aliphatic carbocycles. The van der Waals surface area contributed by atoms with Crippen molar-refractivity contribution in [1.29, 1.82) is 0 Å². The molecule has 7 nitrogen and oxygen atoms in total. The number of pyridine rings is 1. The first-order valence-corrected chi connectivity index (χ1v) is 9.17. The molecule has 0 spiro atoms. The first-order chi connectivity index (χ1) is 13.5. The summed E-state index contributed by atoms with van der Waals surface area (Å²) in [5, 5.41) is 3.20. The highest BCUT2D eigenvalue weighted by molar-refractivity contribution is 6.07. The smallest absolute Gasteiger partial charge is 0.259 e. The minimum Gasteiger partial charge on any atom is -0.357 e. The lowest BCUT2D eigenvalue weighted by atomic mass is 10.00. The first kappa shape index (κ1) is 17.9. The van der Waals surface area contributed by atoms with E-state index in [0.29, 0.717) is 17.8 Å². The number of carbonyl (C=O) groups excluding carboxylic acids is 3. The van der Waals surface area contributed by atoms with E-state index in [9.17, 15) is 14.4 Å². The van der Waals surface area contributed by atoms with Crippen molar-refractivity contribution in [2.45, 2.75) is 19.8 Å². The molecule has 28 heavy (non-hydrogen) atoms. The van der Waals surface area contributed by atoms with Crippen LogP contribution in [0.2, 0.25) is 0 Å². The molecule has 1 aromatic carbocycles. The van der Waals surface area contributed by atoms with Crippen LogP contribution in [-0.4, -0.2) is 40.7 Å². The fraction of sp³-hybridized carbons (Fsp3) is 0.238. The number of fused-ring (bicyclic) bond motifs is 1. The largest absolute Gasteiger partial charge is 0.357 e. The molecule has 1 aromatic heterocycles. The molecule has 4 rings (SSSR count). The van der Waals surface area contributed by atoms with E-state index < -0.39 is 0 Å². The minimum atomic E-state index is -0.318. The molecular formula is C21H20N4O3. The van der Waals surface area contributed by atoms with Crippen LogP contribution in [0, 0.1) is 0 Å². The summed E-state index contributed by atoms with van der Waals surface area (Å²) in [6.45, 7) is 2.24. The number of carbonyl (C=O) groups is 3. The maximum atomic E-state index is 12.9. The number of hydrogen-bond donors (Lipinski definition) is 1. The number of rotatable bonds is 3. The van der Waals surface area contributed by atoms with Crippen molar-refractivity contribution >= 4 is 29.1 Å². The molecule has 1 N–H and O–H groups in total. The molecule has 0 fully saturated rings. The highest BCUT2D eigenvalue weighted by Gasteiger charge is 2.26. The molecule has 142 valence electrons. The van der Waals surface area contributed by atoms with E-state index in [0.717, 1.165) is 29.8 Å². The van der Waals surface area contributed by atoms with Gasteiger partial charge in [0.05, 0.1) is 12.1 Å². The molecule has 0 atom stereocenters. The molecule has 0 unspecified atom stereocenters. The SMILES string of the molecule is CC(=O)N1CC(Nc2ccc3c(c2)N(C(=O)c2cccnc2)CCC3)=CC1=O. The fourth-order valence-corrected chi connectivity index (χ4v) is 3.56. The van der Waals surface area contributed by atoms with Crippen molar-refractivity contribution in [2.75, 3.05) is 23.3 Å². The summed E-state index contributed by atoms with van der Waals surface area (Å²) in [4.78, 5) is 43.3. The lowest BCUT2D eigenvalue weighted by Gasteiger charge is -2.30. The topological polar surface area (TPSA) is 82.6 Å². The third-order valence-electron chi connectivity index (χ3n) is 4.93. The van der Waals surface area contributed by atoms with Gasteiger partial charge in [-0.1, -0.05) is 6.07 Å². The Balaban J connectivity index is 1.59. The zero-order valence-electron chi connectivity index (χ0n) is 15.5. The van der Waals surface area contributed by atoms with Crippen molar-refractivity contribution < 1.29 is 14.4 Å². The van der Waals surface area contributed by atoms with Gasteiger partial charge < -0.3 is 10.2 Å². The molecule has 2 aromatic rings. The van der Waals surface area contributed by atoms with Crippen molar-refractivity contribution in [3.63, 3.8) is 0 Å². The second-order valence-electron chi connectivity index (χ2n) is 6.88. The summed E-state index contributed by atoms with van der Waals surface area (Å²) in [5.74, 6) is -0.678. The molecule has 2 aliphatic rings. The standard InChI is InChI=1S/C21H20N4O3/c1-14(26)25-13-18(11-20(25)27)23-17-7-6-15-5-3-9-24(19(15)10-17)21(28)16-4-2-8-22-12-16/h2,4,6-8,10-12,23H,3,5,9,13H2,1H3. The predicted molar refractivity (Wildman–Crippen MR) is 105 cm³/mol. The third-order valence-corrected chi connectivity index (χ3v) is 4.93. The van der Waals surface area contributed by atoms with Crippen LogP contribution in [0.3, 0.4) is 0 Å². The summed E-state index contributed by atoms with van der Waals surface area (Å²) in [5.41, 5.74) is 3.94. The van der Waals surface area contributed by atoms with Gasteiger partial charge in [-0.05, 0) is 42.7 Å². The Morgan fingerprint density at radius 2 is 2.04 bits per heavy atom. The zero-order valence-corrected chi connectivity index (χ0v) is 15.5. The molecule has 0 saturated carbocycles. The number of hydrogen-bond acceptors (Lipinski definition) is 5. The van der Waals surface area contributed by atoms with Gasteiger partial charge in [0.2, 0.25) is 5.91 Å². The lowest BCUT2D eigenvalue weighted by Crippen LogP contribution is -2.35. The molecule has 0 radical (unpaired) electrons. The van der Waals surface area contributed by atoms with E-state index in [1.54, 1.807) is 29.4 Å². The maximum absolute atomic E-state index is 12.9. The van der Waals surface area contributed by atoms with Gasteiger partial charge in [0.15, 0.2) is 0 Å². The van der Waals surface area contributed by atoms with E-state index >= 15 is 0 Å². The van der Waals surface area contributed by atoms with Crippen LogP contribution in [0.5, 0.6) is 0 Å². The number of benzene rings is 1. The minimum absolute atomic E-state index is 0.0794. The summed E-state index contributed by atoms with van der Waals surface area (Å²) in [7, 11) is 0. The number of aromatic nitrogens is 1. The monoisotopic (exact) mass is 376 g/mol. The average Bonchev–Trinajstić information content (AvgIpc) is 3.08. The predicted octanol–water partition coefficient (Wildman–Crippen LogP) is 2.36. The van der Waals surface area contributed by atoms with E-state index in [1.165, 1.54) is 17.9 Å². The molecular weight excluding hydrogens is 356 g/mol. The van der Waals surface area contributed by atoms with Crippen molar-refractivity contribution in [2.24, 2.45) is 0 Å². The van der Waals surface area contributed by atoms with Gasteiger partial charge in [0, 0.05) is 49.0 Å². The van der Waals surface area contributed by atoms with E-state index in [-0.39, 0.29) is 24.3 Å². The van der Waals surface area contributed by atoms with Gasteiger partial charge in [-0.25, -0.2) is 0 Å². The quantitative estimate of drug-likeness (QED) is 0.889. The highest BCUT2D eigenvalue weighted by atomic mass is 16.2. The van der Waals surface area contributed by atoms with Crippen LogP contribution < -0.4 is 10.2 Å². The number of amides is 3. The Bertz CT molecular complexity index is 984. The van der Waals surface area contributed by atoms with Crippen LogP contribution in [0.1, 0.15) is 29.3 Å². The van der Waals surface area contributed by atoms with Crippen LogP contribution in [0.4, 0.5) is 11.4 Å². The number of nitrogens with zero attached hydrogens (tertiary/aromatic N) is 3. The second kappa shape index (κ2) is 7.26. The van der Waals surface area contributed by atoms with Crippen LogP contribution in [-0.2, 0) is 16.0 Å². The molecule has 3 heterocycles. The van der Waals surface area contributed by atoms with E-state index in [4.69, 9.17) is 0 Å². The molecule has 7 heteroatoms. The third kappa shape index (κ3) is 3.38.